The molecule has 0 heterocycles. The van der Waals surface area contributed by atoms with Crippen LogP contribution in [0.2, 0.25) is 0 Å². The summed E-state index contributed by atoms with van der Waals surface area (Å²) in [5, 5.41) is 0. The Morgan fingerprint density at radius 3 is 0.889 bits per heavy atom. The molecule has 2 heteroatoms. The minimum Gasteiger partial charge on any atom is -0.224 e. The van der Waals surface area contributed by atoms with Crippen LogP contribution in [0.5, 0.6) is 0 Å². The Morgan fingerprint density at radius 2 is 0.630 bits per heavy atom. The molecular formula is C25H53ClN+. The quantitative estimate of drug-likeness (QED) is 0.125. The summed E-state index contributed by atoms with van der Waals surface area (Å²) in [4.78, 5) is 0. The van der Waals surface area contributed by atoms with Crippen LogP contribution in [0.3, 0.4) is 0 Å². The Kier molecular flexibility index (Phi) is 21.2. The molecule has 1 nitrogen and oxygen atoms in total. The Bertz CT molecular complexity index is 251. The molecule has 0 saturated heterocycles. The molecule has 0 aromatic carbocycles. The second-order valence-electron chi connectivity index (χ2n) is 9.08. The molecule has 0 amide bonds. The first-order valence-corrected chi connectivity index (χ1v) is 13.0. The standard InChI is InChI=1S/C25H53ClN/c1-4-6-8-10-12-14-16-18-20-22-24-27(3,26)25-23-21-19-17-15-13-11-9-7-5-2/h4-25H2,1-3H3/q+1. The molecule has 0 radical (unpaired) electrons. The van der Waals surface area contributed by atoms with Gasteiger partial charge in [0.25, 0.3) is 0 Å². The minimum absolute atomic E-state index is 0.716. The van der Waals surface area contributed by atoms with E-state index in [1.807, 2.05) is 0 Å². The fraction of sp³-hybridized carbons (Fsp3) is 1.00. The molecule has 0 N–H and O–H groups in total. The zero-order chi connectivity index (χ0) is 20.1. The second-order valence-corrected chi connectivity index (χ2v) is 9.89. The Balaban J connectivity index is 3.31. The summed E-state index contributed by atoms with van der Waals surface area (Å²) < 4.78 is 0.716. The molecule has 0 aliphatic rings. The molecule has 0 aliphatic heterocycles. The number of quaternary nitrogens is 1. The van der Waals surface area contributed by atoms with E-state index in [1.54, 1.807) is 0 Å². The maximum Gasteiger partial charge on any atom is 0.165 e. The van der Waals surface area contributed by atoms with Crippen molar-refractivity contribution in [3.05, 3.63) is 0 Å². The summed E-state index contributed by atoms with van der Waals surface area (Å²) >= 11 is 6.70. The molecule has 0 rings (SSSR count). The fourth-order valence-electron chi connectivity index (χ4n) is 3.97. The van der Waals surface area contributed by atoms with Gasteiger partial charge < -0.3 is 0 Å². The molecule has 0 aromatic heterocycles. The lowest BCUT2D eigenvalue weighted by Gasteiger charge is -2.24. The lowest BCUT2D eigenvalue weighted by atomic mass is 10.1. The molecule has 0 saturated carbocycles. The Hall–Kier alpha value is 0.250. The number of rotatable bonds is 22. The first-order valence-electron chi connectivity index (χ1n) is 12.7. The number of hydrogen-bond acceptors (Lipinski definition) is 0. The normalized spacial score (nSPS) is 12.0. The first-order chi connectivity index (χ1) is 13.1. The fourth-order valence-corrected chi connectivity index (χ4v) is 4.21. The van der Waals surface area contributed by atoms with E-state index < -0.39 is 0 Å². The van der Waals surface area contributed by atoms with E-state index >= 15 is 0 Å². The summed E-state index contributed by atoms with van der Waals surface area (Å²) in [5.74, 6) is 0. The van der Waals surface area contributed by atoms with Crippen molar-refractivity contribution in [2.75, 3.05) is 20.1 Å². The van der Waals surface area contributed by atoms with Crippen molar-refractivity contribution in [1.82, 2.24) is 0 Å². The average molecular weight is 403 g/mol. The summed E-state index contributed by atoms with van der Waals surface area (Å²) in [6, 6.07) is 0. The van der Waals surface area contributed by atoms with Crippen molar-refractivity contribution >= 4 is 11.8 Å². The van der Waals surface area contributed by atoms with Gasteiger partial charge in [-0.3, -0.25) is 0 Å². The van der Waals surface area contributed by atoms with Gasteiger partial charge in [0.1, 0.15) is 0 Å². The number of unbranched alkanes of at least 4 members (excludes halogenated alkanes) is 18. The molecule has 0 unspecified atom stereocenters. The van der Waals surface area contributed by atoms with Gasteiger partial charge in [-0.2, -0.15) is 0 Å². The van der Waals surface area contributed by atoms with Gasteiger partial charge in [0.15, 0.2) is 11.8 Å². The SMILES string of the molecule is CCCCCCCCCCCC[N+](C)(Cl)CCCCCCCCCCCC. The molecule has 164 valence electrons. The second kappa shape index (κ2) is 21.0. The average Bonchev–Trinajstić information content (AvgIpc) is 2.64. The smallest absolute Gasteiger partial charge is 0.165 e. The summed E-state index contributed by atoms with van der Waals surface area (Å²) in [6.45, 7) is 6.88. The van der Waals surface area contributed by atoms with Crippen LogP contribution in [-0.2, 0) is 0 Å². The van der Waals surface area contributed by atoms with Crippen molar-refractivity contribution in [1.29, 1.82) is 0 Å². The van der Waals surface area contributed by atoms with Gasteiger partial charge in [-0.05, 0) is 25.7 Å². The Morgan fingerprint density at radius 1 is 0.407 bits per heavy atom. The molecule has 0 fully saturated rings. The molecule has 27 heavy (non-hydrogen) atoms. The van der Waals surface area contributed by atoms with Gasteiger partial charge in [0.05, 0.1) is 20.1 Å². The number of halogens is 1. The van der Waals surface area contributed by atoms with E-state index in [1.165, 1.54) is 128 Å². The van der Waals surface area contributed by atoms with Crippen LogP contribution in [0.25, 0.3) is 0 Å². The lowest BCUT2D eigenvalue weighted by Crippen LogP contribution is -2.35. The van der Waals surface area contributed by atoms with E-state index in [9.17, 15) is 0 Å². The topological polar surface area (TPSA) is 0 Å². The zero-order valence-electron chi connectivity index (χ0n) is 19.4. The predicted molar refractivity (Wildman–Crippen MR) is 125 cm³/mol. The van der Waals surface area contributed by atoms with Gasteiger partial charge in [-0.15, -0.1) is 0 Å². The number of hydrogen-bond donors (Lipinski definition) is 0. The van der Waals surface area contributed by atoms with Gasteiger partial charge in [0, 0.05) is 0 Å². The lowest BCUT2D eigenvalue weighted by molar-refractivity contribution is -0.794. The molecule has 0 bridgehead atoms. The van der Waals surface area contributed by atoms with Crippen molar-refractivity contribution in [2.24, 2.45) is 0 Å². The van der Waals surface area contributed by atoms with Crippen LogP contribution in [-0.4, -0.2) is 24.1 Å². The summed E-state index contributed by atoms with van der Waals surface area (Å²) in [6.07, 6.45) is 28.1. The highest BCUT2D eigenvalue weighted by Crippen LogP contribution is 2.17. The largest absolute Gasteiger partial charge is 0.224 e. The van der Waals surface area contributed by atoms with Crippen LogP contribution in [0.4, 0.5) is 0 Å². The highest BCUT2D eigenvalue weighted by Gasteiger charge is 2.17. The van der Waals surface area contributed by atoms with Gasteiger partial charge in [-0.1, -0.05) is 117 Å². The van der Waals surface area contributed by atoms with Gasteiger partial charge >= 0.3 is 0 Å². The van der Waals surface area contributed by atoms with Crippen LogP contribution in [0.15, 0.2) is 0 Å². The third-order valence-electron chi connectivity index (χ3n) is 5.96. The highest BCUT2D eigenvalue weighted by molar-refractivity contribution is 6.06. The molecule has 0 spiro atoms. The van der Waals surface area contributed by atoms with Crippen molar-refractivity contribution in [3.63, 3.8) is 0 Å². The highest BCUT2D eigenvalue weighted by atomic mass is 35.5. The van der Waals surface area contributed by atoms with E-state index in [4.69, 9.17) is 11.8 Å². The summed E-state index contributed by atoms with van der Waals surface area (Å²) in [5.41, 5.74) is 0. The van der Waals surface area contributed by atoms with Crippen molar-refractivity contribution in [3.8, 4) is 0 Å². The minimum atomic E-state index is 0.716. The zero-order valence-corrected chi connectivity index (χ0v) is 20.1. The molecule has 0 aromatic rings. The van der Waals surface area contributed by atoms with Gasteiger partial charge in [-0.25, -0.2) is 4.00 Å². The third kappa shape index (κ3) is 22.4. The first kappa shape index (κ1) is 27.2. The number of nitrogens with zero attached hydrogens (tertiary/aromatic N) is 1. The maximum atomic E-state index is 6.70. The Labute approximate surface area is 178 Å². The third-order valence-corrected chi connectivity index (χ3v) is 6.29. The molecule has 0 atom stereocenters. The monoisotopic (exact) mass is 402 g/mol. The van der Waals surface area contributed by atoms with E-state index in [0.717, 1.165) is 13.1 Å². The van der Waals surface area contributed by atoms with Crippen molar-refractivity contribution < 1.29 is 4.00 Å². The van der Waals surface area contributed by atoms with Crippen molar-refractivity contribution in [2.45, 2.75) is 142 Å². The van der Waals surface area contributed by atoms with Crippen LogP contribution in [0, 0.1) is 0 Å². The van der Waals surface area contributed by atoms with Crippen LogP contribution >= 0.6 is 11.8 Å². The van der Waals surface area contributed by atoms with Gasteiger partial charge in [0.2, 0.25) is 0 Å². The van der Waals surface area contributed by atoms with E-state index in [-0.39, 0.29) is 0 Å². The predicted octanol–water partition coefficient (Wildman–Crippen LogP) is 9.43. The summed E-state index contributed by atoms with van der Waals surface area (Å²) in [7, 11) is 2.21. The van der Waals surface area contributed by atoms with Crippen LogP contribution < -0.4 is 0 Å². The molecule has 0 aliphatic carbocycles. The van der Waals surface area contributed by atoms with Crippen LogP contribution in [0.1, 0.15) is 142 Å². The maximum absolute atomic E-state index is 6.70. The van der Waals surface area contributed by atoms with E-state index in [2.05, 4.69) is 20.9 Å². The van der Waals surface area contributed by atoms with E-state index in [0.29, 0.717) is 4.00 Å². The molecular weight excluding hydrogens is 350 g/mol.